The van der Waals surface area contributed by atoms with Gasteiger partial charge in [0.25, 0.3) is 0 Å². The van der Waals surface area contributed by atoms with E-state index in [2.05, 4.69) is 29.3 Å². The number of H-pyrrole nitrogens is 1. The van der Waals surface area contributed by atoms with Crippen molar-refractivity contribution in [2.24, 2.45) is 0 Å². The largest absolute Gasteiger partial charge is 0.384 e. The van der Waals surface area contributed by atoms with E-state index in [4.69, 9.17) is 5.73 Å². The van der Waals surface area contributed by atoms with Crippen molar-refractivity contribution in [2.75, 3.05) is 5.73 Å². The van der Waals surface area contributed by atoms with Gasteiger partial charge in [0, 0.05) is 5.56 Å². The van der Waals surface area contributed by atoms with E-state index in [1.54, 1.807) is 0 Å². The molecule has 0 saturated heterocycles. The summed E-state index contributed by atoms with van der Waals surface area (Å²) in [6.45, 7) is 2.20. The Balaban J connectivity index is 2.21. The van der Waals surface area contributed by atoms with Crippen molar-refractivity contribution in [3.8, 4) is 11.1 Å². The molecule has 0 unspecified atom stereocenters. The van der Waals surface area contributed by atoms with Crippen LogP contribution in [0.15, 0.2) is 18.3 Å². The van der Waals surface area contributed by atoms with E-state index in [1.165, 1.54) is 41.5 Å². The molecule has 0 spiro atoms. The topological polar surface area (TPSA) is 54.7 Å². The summed E-state index contributed by atoms with van der Waals surface area (Å²) in [6, 6.07) is 4.38. The molecule has 3 N–H and O–H groups in total. The number of benzene rings is 1. The summed E-state index contributed by atoms with van der Waals surface area (Å²) in [5.74, 6) is 0.668. The molecule has 88 valence electrons. The number of nitrogens with two attached hydrogens (primary N) is 1. The van der Waals surface area contributed by atoms with Gasteiger partial charge >= 0.3 is 0 Å². The van der Waals surface area contributed by atoms with Crippen LogP contribution in [-0.4, -0.2) is 10.2 Å². The molecule has 0 saturated carbocycles. The number of rotatable bonds is 1. The number of hydrogen-bond donors (Lipinski definition) is 2. The zero-order valence-electron chi connectivity index (χ0n) is 10.1. The molecule has 1 aromatic carbocycles. The van der Waals surface area contributed by atoms with Crippen LogP contribution in [0.1, 0.15) is 29.5 Å². The van der Waals surface area contributed by atoms with Crippen LogP contribution in [-0.2, 0) is 12.8 Å². The van der Waals surface area contributed by atoms with Crippen molar-refractivity contribution in [1.82, 2.24) is 10.2 Å². The van der Waals surface area contributed by atoms with E-state index in [0.717, 1.165) is 12.0 Å². The van der Waals surface area contributed by atoms with Gasteiger partial charge in [-0.1, -0.05) is 12.1 Å². The van der Waals surface area contributed by atoms with E-state index in [9.17, 15) is 0 Å². The van der Waals surface area contributed by atoms with Crippen LogP contribution in [0.25, 0.3) is 11.1 Å². The number of aromatic amines is 1. The van der Waals surface area contributed by atoms with Crippen molar-refractivity contribution >= 4 is 5.82 Å². The number of nitrogens with one attached hydrogen (secondary N) is 1. The number of nitrogens with zero attached hydrogens (tertiary/aromatic N) is 1. The molecule has 0 bridgehead atoms. The number of aromatic nitrogens is 2. The Morgan fingerprint density at radius 2 is 1.88 bits per heavy atom. The molecular formula is C14H17N3. The van der Waals surface area contributed by atoms with Gasteiger partial charge in [-0.3, -0.25) is 5.10 Å². The van der Waals surface area contributed by atoms with Gasteiger partial charge in [-0.15, -0.1) is 0 Å². The summed E-state index contributed by atoms with van der Waals surface area (Å²) < 4.78 is 0. The second-order valence-corrected chi connectivity index (χ2v) is 4.79. The lowest BCUT2D eigenvalue weighted by molar-refractivity contribution is 0.683. The van der Waals surface area contributed by atoms with Crippen molar-refractivity contribution in [3.05, 3.63) is 35.0 Å². The standard InChI is InChI=1S/C14H17N3/c1-9-6-7-12(13-8-16-17-14(13)15)11-5-3-2-4-10(9)11/h6-8H,2-5H2,1H3,(H3,15,16,17). The zero-order valence-corrected chi connectivity index (χ0v) is 10.1. The Bertz CT molecular complexity index is 555. The molecule has 3 heteroatoms. The average Bonchev–Trinajstić information content (AvgIpc) is 2.77. The second-order valence-electron chi connectivity index (χ2n) is 4.79. The van der Waals surface area contributed by atoms with Crippen molar-refractivity contribution in [3.63, 3.8) is 0 Å². The molecule has 1 aliphatic carbocycles. The van der Waals surface area contributed by atoms with Gasteiger partial charge in [0.05, 0.1) is 6.20 Å². The summed E-state index contributed by atoms with van der Waals surface area (Å²) in [6.07, 6.45) is 6.78. The van der Waals surface area contributed by atoms with E-state index in [0.29, 0.717) is 5.82 Å². The Morgan fingerprint density at radius 3 is 2.59 bits per heavy atom. The van der Waals surface area contributed by atoms with Gasteiger partial charge in [-0.25, -0.2) is 0 Å². The molecule has 3 nitrogen and oxygen atoms in total. The first-order chi connectivity index (χ1) is 8.27. The number of anilines is 1. The predicted molar refractivity (Wildman–Crippen MR) is 69.8 cm³/mol. The number of fused-ring (bicyclic) bond motifs is 1. The normalized spacial score (nSPS) is 14.6. The second kappa shape index (κ2) is 3.91. The zero-order chi connectivity index (χ0) is 11.8. The number of aryl methyl sites for hydroxylation is 1. The number of hydrogen-bond acceptors (Lipinski definition) is 2. The molecule has 1 aromatic heterocycles. The molecule has 0 aliphatic heterocycles. The highest BCUT2D eigenvalue weighted by atomic mass is 15.1. The van der Waals surface area contributed by atoms with Crippen LogP contribution in [0.5, 0.6) is 0 Å². The fourth-order valence-electron chi connectivity index (χ4n) is 2.81. The van der Waals surface area contributed by atoms with Crippen LogP contribution in [0.4, 0.5) is 5.82 Å². The van der Waals surface area contributed by atoms with Crippen LogP contribution < -0.4 is 5.73 Å². The molecule has 0 atom stereocenters. The van der Waals surface area contributed by atoms with E-state index in [-0.39, 0.29) is 0 Å². The molecule has 3 rings (SSSR count). The Kier molecular flexibility index (Phi) is 2.39. The van der Waals surface area contributed by atoms with Crippen LogP contribution in [0.2, 0.25) is 0 Å². The van der Waals surface area contributed by atoms with E-state index < -0.39 is 0 Å². The maximum Gasteiger partial charge on any atom is 0.126 e. The van der Waals surface area contributed by atoms with E-state index in [1.807, 2.05) is 6.20 Å². The highest BCUT2D eigenvalue weighted by Crippen LogP contribution is 2.35. The summed E-state index contributed by atoms with van der Waals surface area (Å²) in [4.78, 5) is 0. The SMILES string of the molecule is Cc1ccc(-c2cn[nH]c2N)c2c1CCCC2. The van der Waals surface area contributed by atoms with Crippen LogP contribution in [0, 0.1) is 6.92 Å². The first kappa shape index (κ1) is 10.4. The molecule has 17 heavy (non-hydrogen) atoms. The lowest BCUT2D eigenvalue weighted by Gasteiger charge is -2.21. The van der Waals surface area contributed by atoms with Gasteiger partial charge in [-0.2, -0.15) is 5.10 Å². The average molecular weight is 227 g/mol. The van der Waals surface area contributed by atoms with Crippen molar-refractivity contribution < 1.29 is 0 Å². The van der Waals surface area contributed by atoms with Gasteiger partial charge in [0.15, 0.2) is 0 Å². The van der Waals surface area contributed by atoms with Gasteiger partial charge in [0.2, 0.25) is 0 Å². The van der Waals surface area contributed by atoms with E-state index >= 15 is 0 Å². The third-order valence-electron chi connectivity index (χ3n) is 3.73. The minimum absolute atomic E-state index is 0.668. The lowest BCUT2D eigenvalue weighted by Crippen LogP contribution is -2.07. The third kappa shape index (κ3) is 1.62. The predicted octanol–water partition coefficient (Wildman–Crippen LogP) is 2.85. The molecule has 2 aromatic rings. The maximum atomic E-state index is 5.93. The summed E-state index contributed by atoms with van der Waals surface area (Å²) in [5, 5.41) is 6.84. The quantitative estimate of drug-likeness (QED) is 0.787. The molecule has 1 aliphatic rings. The van der Waals surface area contributed by atoms with Crippen LogP contribution >= 0.6 is 0 Å². The maximum absolute atomic E-state index is 5.93. The first-order valence-corrected chi connectivity index (χ1v) is 6.18. The van der Waals surface area contributed by atoms with Gasteiger partial charge < -0.3 is 5.73 Å². The van der Waals surface area contributed by atoms with Gasteiger partial charge in [0.1, 0.15) is 5.82 Å². The minimum atomic E-state index is 0.668. The molecule has 0 amide bonds. The molecule has 1 heterocycles. The smallest absolute Gasteiger partial charge is 0.126 e. The van der Waals surface area contributed by atoms with Crippen molar-refractivity contribution in [1.29, 1.82) is 0 Å². The lowest BCUT2D eigenvalue weighted by atomic mass is 9.84. The van der Waals surface area contributed by atoms with Gasteiger partial charge in [-0.05, 0) is 54.9 Å². The van der Waals surface area contributed by atoms with Crippen LogP contribution in [0.3, 0.4) is 0 Å². The minimum Gasteiger partial charge on any atom is -0.384 e. The third-order valence-corrected chi connectivity index (χ3v) is 3.73. The fraction of sp³-hybridized carbons (Fsp3) is 0.357. The Morgan fingerprint density at radius 1 is 1.12 bits per heavy atom. The highest BCUT2D eigenvalue weighted by Gasteiger charge is 2.17. The first-order valence-electron chi connectivity index (χ1n) is 6.18. The highest BCUT2D eigenvalue weighted by molar-refractivity contribution is 5.77. The number of nitrogen functional groups attached to an aromatic ring is 1. The summed E-state index contributed by atoms with van der Waals surface area (Å²) in [7, 11) is 0. The van der Waals surface area contributed by atoms with Crippen molar-refractivity contribution in [2.45, 2.75) is 32.6 Å². The fourth-order valence-corrected chi connectivity index (χ4v) is 2.81. The molecular weight excluding hydrogens is 210 g/mol. The summed E-state index contributed by atoms with van der Waals surface area (Å²) in [5.41, 5.74) is 12.6. The summed E-state index contributed by atoms with van der Waals surface area (Å²) >= 11 is 0. The molecule has 0 fully saturated rings. The molecule has 0 radical (unpaired) electrons. The monoisotopic (exact) mass is 227 g/mol. The Hall–Kier alpha value is -1.77. The Labute approximate surface area is 101 Å².